The fourth-order valence-corrected chi connectivity index (χ4v) is 2.63. The molecule has 0 heterocycles. The molecule has 2 aromatic rings. The number of methoxy groups -OCH3 is 2. The third kappa shape index (κ3) is 4.57. The van der Waals surface area contributed by atoms with Crippen LogP contribution >= 0.6 is 11.6 Å². The van der Waals surface area contributed by atoms with Crippen molar-refractivity contribution in [1.82, 2.24) is 0 Å². The Hall–Kier alpha value is -2.40. The minimum Gasteiger partial charge on any atom is -0.496 e. The van der Waals surface area contributed by atoms with Crippen LogP contribution in [0.4, 0.5) is 0 Å². The van der Waals surface area contributed by atoms with Gasteiger partial charge < -0.3 is 18.9 Å². The van der Waals surface area contributed by atoms with E-state index in [1.807, 2.05) is 32.0 Å². The van der Waals surface area contributed by atoms with Crippen LogP contribution in [0.5, 0.6) is 17.2 Å². The lowest BCUT2D eigenvalue weighted by Gasteiger charge is -2.13. The largest absolute Gasteiger partial charge is 0.496 e. The van der Waals surface area contributed by atoms with E-state index in [2.05, 4.69) is 0 Å². The zero-order valence-electron chi connectivity index (χ0n) is 14.7. The summed E-state index contributed by atoms with van der Waals surface area (Å²) in [5.74, 6) is 0.950. The number of hydrogen-bond donors (Lipinski definition) is 0. The monoisotopic (exact) mass is 364 g/mol. The van der Waals surface area contributed by atoms with Crippen LogP contribution in [0.15, 0.2) is 30.3 Å². The predicted molar refractivity (Wildman–Crippen MR) is 96.0 cm³/mol. The highest BCUT2D eigenvalue weighted by Crippen LogP contribution is 2.36. The third-order valence-electron chi connectivity index (χ3n) is 3.55. The number of halogens is 1. The summed E-state index contributed by atoms with van der Waals surface area (Å²) in [6, 6.07) is 8.74. The van der Waals surface area contributed by atoms with E-state index in [0.29, 0.717) is 28.9 Å². The van der Waals surface area contributed by atoms with Crippen molar-refractivity contribution < 1.29 is 23.7 Å². The number of carbonyl (C=O) groups excluding carboxylic acids is 1. The maximum atomic E-state index is 12.4. The fraction of sp³-hybridized carbons (Fsp3) is 0.316. The molecule has 6 heteroatoms. The lowest BCUT2D eigenvalue weighted by molar-refractivity contribution is 0.0469. The van der Waals surface area contributed by atoms with Gasteiger partial charge in [0, 0.05) is 5.56 Å². The predicted octanol–water partition coefficient (Wildman–Crippen LogP) is 4.42. The van der Waals surface area contributed by atoms with Gasteiger partial charge in [-0.1, -0.05) is 23.2 Å². The molecule has 0 atom stereocenters. The maximum Gasteiger partial charge on any atom is 0.338 e. The van der Waals surface area contributed by atoms with Gasteiger partial charge in [-0.15, -0.1) is 0 Å². The highest BCUT2D eigenvalue weighted by molar-refractivity contribution is 6.32. The molecule has 0 amide bonds. The summed E-state index contributed by atoms with van der Waals surface area (Å²) in [5.41, 5.74) is 2.13. The first-order valence-corrected chi connectivity index (χ1v) is 8.18. The van der Waals surface area contributed by atoms with E-state index in [-0.39, 0.29) is 12.2 Å². The summed E-state index contributed by atoms with van der Waals surface area (Å²) in [6.07, 6.45) is 0. The molecule has 2 rings (SSSR count). The summed E-state index contributed by atoms with van der Waals surface area (Å²) in [5, 5.41) is 0.293. The van der Waals surface area contributed by atoms with Gasteiger partial charge in [-0.25, -0.2) is 4.79 Å². The van der Waals surface area contributed by atoms with Crippen molar-refractivity contribution in [2.24, 2.45) is 0 Å². The number of hydrogen-bond acceptors (Lipinski definition) is 5. The minimum atomic E-state index is -0.508. The van der Waals surface area contributed by atoms with Crippen molar-refractivity contribution >= 4 is 17.6 Å². The molecule has 0 bridgehead atoms. The molecule has 0 saturated carbocycles. The summed E-state index contributed by atoms with van der Waals surface area (Å²) >= 11 is 6.19. The molecule has 0 unspecified atom stereocenters. The number of benzene rings is 2. The van der Waals surface area contributed by atoms with E-state index in [4.69, 9.17) is 30.5 Å². The number of ether oxygens (including phenoxy) is 4. The number of rotatable bonds is 7. The van der Waals surface area contributed by atoms with E-state index in [1.165, 1.54) is 13.2 Å². The van der Waals surface area contributed by atoms with E-state index >= 15 is 0 Å². The molecule has 0 aliphatic rings. The Kier molecular flexibility index (Phi) is 6.53. The van der Waals surface area contributed by atoms with Gasteiger partial charge in [-0.05, 0) is 38.1 Å². The van der Waals surface area contributed by atoms with E-state index in [9.17, 15) is 4.79 Å². The molecular weight excluding hydrogens is 344 g/mol. The molecule has 0 saturated heterocycles. The highest BCUT2D eigenvalue weighted by atomic mass is 35.5. The van der Waals surface area contributed by atoms with Gasteiger partial charge in [0.15, 0.2) is 11.5 Å². The quantitative estimate of drug-likeness (QED) is 0.680. The van der Waals surface area contributed by atoms with Crippen molar-refractivity contribution in [3.05, 3.63) is 52.0 Å². The Bertz CT molecular complexity index is 758. The smallest absolute Gasteiger partial charge is 0.338 e. The Morgan fingerprint density at radius 2 is 1.80 bits per heavy atom. The average molecular weight is 365 g/mol. The molecule has 0 aliphatic carbocycles. The standard InChI is InChI=1S/C19H21ClO5/c1-5-24-18-15(20)9-13(10-17(18)23-4)19(21)25-11-14-8-12(2)6-7-16(14)22-3/h6-10H,5,11H2,1-4H3. The van der Waals surface area contributed by atoms with Crippen LogP contribution in [-0.4, -0.2) is 26.8 Å². The van der Waals surface area contributed by atoms with Crippen molar-refractivity contribution in [2.45, 2.75) is 20.5 Å². The third-order valence-corrected chi connectivity index (χ3v) is 3.83. The number of esters is 1. The zero-order valence-corrected chi connectivity index (χ0v) is 15.5. The SMILES string of the molecule is CCOc1c(Cl)cc(C(=O)OCc2cc(C)ccc2OC)cc1OC. The molecular formula is C19H21ClO5. The van der Waals surface area contributed by atoms with Crippen LogP contribution in [0, 0.1) is 6.92 Å². The first-order chi connectivity index (χ1) is 12.0. The molecule has 0 radical (unpaired) electrons. The van der Waals surface area contributed by atoms with Gasteiger partial charge in [0.2, 0.25) is 0 Å². The highest BCUT2D eigenvalue weighted by Gasteiger charge is 2.17. The van der Waals surface area contributed by atoms with Gasteiger partial charge in [0.05, 0.1) is 31.4 Å². The average Bonchev–Trinajstić information content (AvgIpc) is 2.61. The minimum absolute atomic E-state index is 0.0941. The van der Waals surface area contributed by atoms with E-state index < -0.39 is 5.97 Å². The van der Waals surface area contributed by atoms with Gasteiger partial charge in [0.25, 0.3) is 0 Å². The van der Waals surface area contributed by atoms with Crippen LogP contribution in [0.1, 0.15) is 28.4 Å². The second-order valence-corrected chi connectivity index (χ2v) is 5.72. The normalized spacial score (nSPS) is 10.3. The lowest BCUT2D eigenvalue weighted by Crippen LogP contribution is -2.07. The Balaban J connectivity index is 2.19. The van der Waals surface area contributed by atoms with Crippen molar-refractivity contribution in [3.8, 4) is 17.2 Å². The molecule has 0 aromatic heterocycles. The second kappa shape index (κ2) is 8.62. The first kappa shape index (κ1) is 18.9. The van der Waals surface area contributed by atoms with Crippen LogP contribution in [0.2, 0.25) is 5.02 Å². The molecule has 2 aromatic carbocycles. The van der Waals surface area contributed by atoms with Gasteiger partial charge in [-0.3, -0.25) is 0 Å². The van der Waals surface area contributed by atoms with E-state index in [1.54, 1.807) is 13.2 Å². The van der Waals surface area contributed by atoms with E-state index in [0.717, 1.165) is 11.1 Å². The maximum absolute atomic E-state index is 12.4. The molecule has 134 valence electrons. The summed E-state index contributed by atoms with van der Waals surface area (Å²) < 4.78 is 21.4. The Labute approximate surface area is 152 Å². The molecule has 5 nitrogen and oxygen atoms in total. The van der Waals surface area contributed by atoms with Crippen LogP contribution in [0.25, 0.3) is 0 Å². The van der Waals surface area contributed by atoms with Crippen molar-refractivity contribution in [2.75, 3.05) is 20.8 Å². The lowest BCUT2D eigenvalue weighted by atomic mass is 10.1. The number of aryl methyl sites for hydroxylation is 1. The van der Waals surface area contributed by atoms with Crippen LogP contribution in [-0.2, 0) is 11.3 Å². The summed E-state index contributed by atoms with van der Waals surface area (Å²) in [4.78, 5) is 12.4. The van der Waals surface area contributed by atoms with Gasteiger partial charge in [0.1, 0.15) is 12.4 Å². The fourth-order valence-electron chi connectivity index (χ4n) is 2.37. The van der Waals surface area contributed by atoms with Crippen LogP contribution in [0.3, 0.4) is 0 Å². The molecule has 0 N–H and O–H groups in total. The molecule has 0 spiro atoms. The molecule has 25 heavy (non-hydrogen) atoms. The molecule has 0 fully saturated rings. The second-order valence-electron chi connectivity index (χ2n) is 5.31. The molecule has 0 aliphatic heterocycles. The van der Waals surface area contributed by atoms with Gasteiger partial charge in [-0.2, -0.15) is 0 Å². The topological polar surface area (TPSA) is 54.0 Å². The summed E-state index contributed by atoms with van der Waals surface area (Å²) in [7, 11) is 3.06. The van der Waals surface area contributed by atoms with Crippen molar-refractivity contribution in [1.29, 1.82) is 0 Å². The van der Waals surface area contributed by atoms with Crippen molar-refractivity contribution in [3.63, 3.8) is 0 Å². The van der Waals surface area contributed by atoms with Gasteiger partial charge >= 0.3 is 5.97 Å². The number of carbonyl (C=O) groups is 1. The summed E-state index contributed by atoms with van der Waals surface area (Å²) in [6.45, 7) is 4.33. The van der Waals surface area contributed by atoms with Crippen LogP contribution < -0.4 is 14.2 Å². The Morgan fingerprint density at radius 3 is 2.44 bits per heavy atom. The zero-order chi connectivity index (χ0) is 18.4. The Morgan fingerprint density at radius 1 is 1.08 bits per heavy atom. The first-order valence-electron chi connectivity index (χ1n) is 7.81.